The lowest BCUT2D eigenvalue weighted by Gasteiger charge is -2.35. The molecule has 1 atom stereocenters. The summed E-state index contributed by atoms with van der Waals surface area (Å²) in [4.78, 5) is 2.21. The molecule has 0 saturated carbocycles. The van der Waals surface area contributed by atoms with E-state index in [1.54, 1.807) is 13.0 Å². The van der Waals surface area contributed by atoms with Crippen LogP contribution < -0.4 is 4.90 Å². The van der Waals surface area contributed by atoms with Crippen LogP contribution >= 0.6 is 0 Å². The molecule has 1 saturated heterocycles. The summed E-state index contributed by atoms with van der Waals surface area (Å²) in [6, 6.07) is 4.64. The SMILES string of the molecule is CCOC1CCN(c2ccc(F)cc2C(C)O)CC1. The Bertz CT molecular complexity index is 415. The lowest BCUT2D eigenvalue weighted by molar-refractivity contribution is 0.0458. The first-order chi connectivity index (χ1) is 9.11. The molecule has 3 nitrogen and oxygen atoms in total. The highest BCUT2D eigenvalue weighted by atomic mass is 19.1. The molecule has 1 aromatic rings. The van der Waals surface area contributed by atoms with Gasteiger partial charge in [-0.15, -0.1) is 0 Å². The van der Waals surface area contributed by atoms with Crippen LogP contribution in [0.2, 0.25) is 0 Å². The summed E-state index contributed by atoms with van der Waals surface area (Å²) >= 11 is 0. The molecule has 1 aliphatic rings. The van der Waals surface area contributed by atoms with Gasteiger partial charge < -0.3 is 14.7 Å². The molecule has 1 unspecified atom stereocenters. The summed E-state index contributed by atoms with van der Waals surface area (Å²) in [5.41, 5.74) is 1.60. The number of rotatable bonds is 4. The molecule has 1 aliphatic heterocycles. The van der Waals surface area contributed by atoms with Crippen LogP contribution in [0.25, 0.3) is 0 Å². The van der Waals surface area contributed by atoms with Crippen molar-refractivity contribution in [2.24, 2.45) is 0 Å². The minimum absolute atomic E-state index is 0.302. The van der Waals surface area contributed by atoms with Crippen LogP contribution in [-0.2, 0) is 4.74 Å². The van der Waals surface area contributed by atoms with Crippen molar-refractivity contribution in [2.75, 3.05) is 24.6 Å². The monoisotopic (exact) mass is 267 g/mol. The predicted molar refractivity (Wildman–Crippen MR) is 73.9 cm³/mol. The number of aliphatic hydroxyl groups excluding tert-OH is 1. The molecule has 106 valence electrons. The third-order valence-corrected chi connectivity index (χ3v) is 3.62. The highest BCUT2D eigenvalue weighted by molar-refractivity contribution is 5.55. The molecule has 4 heteroatoms. The van der Waals surface area contributed by atoms with Gasteiger partial charge in [0.15, 0.2) is 0 Å². The summed E-state index contributed by atoms with van der Waals surface area (Å²) in [5.74, 6) is -0.302. The summed E-state index contributed by atoms with van der Waals surface area (Å²) in [7, 11) is 0. The van der Waals surface area contributed by atoms with Crippen LogP contribution in [0.4, 0.5) is 10.1 Å². The summed E-state index contributed by atoms with van der Waals surface area (Å²) in [6.07, 6.45) is 1.63. The van der Waals surface area contributed by atoms with E-state index in [4.69, 9.17) is 4.74 Å². The van der Waals surface area contributed by atoms with Gasteiger partial charge in [-0.3, -0.25) is 0 Å². The van der Waals surface area contributed by atoms with Crippen molar-refractivity contribution in [1.29, 1.82) is 0 Å². The van der Waals surface area contributed by atoms with Crippen LogP contribution in [0, 0.1) is 5.82 Å². The number of aliphatic hydroxyl groups is 1. The van der Waals surface area contributed by atoms with Crippen molar-refractivity contribution in [3.8, 4) is 0 Å². The first-order valence-electron chi connectivity index (χ1n) is 6.96. The van der Waals surface area contributed by atoms with Gasteiger partial charge in [0.2, 0.25) is 0 Å². The maximum atomic E-state index is 13.3. The van der Waals surface area contributed by atoms with Crippen molar-refractivity contribution in [2.45, 2.75) is 38.9 Å². The second kappa shape index (κ2) is 6.35. The second-order valence-electron chi connectivity index (χ2n) is 5.02. The Morgan fingerprint density at radius 3 is 2.68 bits per heavy atom. The maximum Gasteiger partial charge on any atom is 0.123 e. The number of ether oxygens (including phenoxy) is 1. The van der Waals surface area contributed by atoms with Crippen LogP contribution in [0.1, 0.15) is 38.4 Å². The molecule has 1 N–H and O–H groups in total. The van der Waals surface area contributed by atoms with E-state index < -0.39 is 6.10 Å². The third-order valence-electron chi connectivity index (χ3n) is 3.62. The van der Waals surface area contributed by atoms with E-state index in [0.717, 1.165) is 38.2 Å². The van der Waals surface area contributed by atoms with Crippen molar-refractivity contribution in [1.82, 2.24) is 0 Å². The smallest absolute Gasteiger partial charge is 0.123 e. The Morgan fingerprint density at radius 1 is 1.42 bits per heavy atom. The fourth-order valence-electron chi connectivity index (χ4n) is 2.65. The second-order valence-corrected chi connectivity index (χ2v) is 5.02. The normalized spacial score (nSPS) is 18.6. The molecule has 19 heavy (non-hydrogen) atoms. The van der Waals surface area contributed by atoms with Crippen LogP contribution in [0.5, 0.6) is 0 Å². The number of hydrogen-bond donors (Lipinski definition) is 1. The first-order valence-corrected chi connectivity index (χ1v) is 6.96. The van der Waals surface area contributed by atoms with Crippen molar-refractivity contribution in [3.05, 3.63) is 29.6 Å². The summed E-state index contributed by atoms with van der Waals surface area (Å²) in [5, 5.41) is 9.78. The zero-order valence-corrected chi connectivity index (χ0v) is 11.6. The fourth-order valence-corrected chi connectivity index (χ4v) is 2.65. The lowest BCUT2D eigenvalue weighted by Crippen LogP contribution is -2.37. The van der Waals surface area contributed by atoms with Gasteiger partial charge in [-0.25, -0.2) is 4.39 Å². The average Bonchev–Trinajstić information content (AvgIpc) is 2.40. The fraction of sp³-hybridized carbons (Fsp3) is 0.600. The van der Waals surface area contributed by atoms with Crippen molar-refractivity contribution >= 4 is 5.69 Å². The molecular weight excluding hydrogens is 245 g/mol. The Kier molecular flexibility index (Phi) is 4.77. The molecule has 0 amide bonds. The average molecular weight is 267 g/mol. The topological polar surface area (TPSA) is 32.7 Å². The maximum absolute atomic E-state index is 13.3. The molecule has 1 heterocycles. The Labute approximate surface area is 114 Å². The molecule has 1 aromatic carbocycles. The van der Waals surface area contributed by atoms with Gasteiger partial charge in [0.05, 0.1) is 12.2 Å². The molecule has 0 aliphatic carbocycles. The van der Waals surface area contributed by atoms with E-state index in [-0.39, 0.29) is 5.82 Å². The third kappa shape index (κ3) is 3.45. The predicted octanol–water partition coefficient (Wildman–Crippen LogP) is 2.88. The number of piperidine rings is 1. The number of anilines is 1. The van der Waals surface area contributed by atoms with E-state index in [1.165, 1.54) is 12.1 Å². The summed E-state index contributed by atoms with van der Waals surface area (Å²) in [6.45, 7) is 6.20. The van der Waals surface area contributed by atoms with Gasteiger partial charge in [0.25, 0.3) is 0 Å². The van der Waals surface area contributed by atoms with E-state index in [9.17, 15) is 9.50 Å². The summed E-state index contributed by atoms with van der Waals surface area (Å²) < 4.78 is 18.9. The Morgan fingerprint density at radius 2 is 2.11 bits per heavy atom. The van der Waals surface area contributed by atoms with Crippen molar-refractivity contribution < 1.29 is 14.2 Å². The molecule has 0 bridgehead atoms. The van der Waals surface area contributed by atoms with E-state index in [2.05, 4.69) is 4.90 Å². The van der Waals surface area contributed by atoms with Crippen molar-refractivity contribution in [3.63, 3.8) is 0 Å². The standard InChI is InChI=1S/C15H22FNO2/c1-3-19-13-6-8-17(9-7-13)15-5-4-12(16)10-14(15)11(2)18/h4-5,10-11,13,18H,3,6-9H2,1-2H3. The van der Waals surface area contributed by atoms with Crippen LogP contribution in [-0.4, -0.2) is 30.9 Å². The number of nitrogens with zero attached hydrogens (tertiary/aromatic N) is 1. The van der Waals surface area contributed by atoms with Gasteiger partial charge in [-0.05, 0) is 44.9 Å². The highest BCUT2D eigenvalue weighted by Gasteiger charge is 2.22. The minimum Gasteiger partial charge on any atom is -0.389 e. The van der Waals surface area contributed by atoms with Gasteiger partial charge in [0.1, 0.15) is 5.82 Å². The molecule has 0 spiro atoms. The Hall–Kier alpha value is -1.13. The van der Waals surface area contributed by atoms with Crippen LogP contribution in [0.15, 0.2) is 18.2 Å². The number of hydrogen-bond acceptors (Lipinski definition) is 3. The van der Waals surface area contributed by atoms with Gasteiger partial charge in [-0.2, -0.15) is 0 Å². The Balaban J connectivity index is 2.11. The quantitative estimate of drug-likeness (QED) is 0.910. The zero-order chi connectivity index (χ0) is 13.8. The van der Waals surface area contributed by atoms with Gasteiger partial charge >= 0.3 is 0 Å². The lowest BCUT2D eigenvalue weighted by atomic mass is 10.0. The molecule has 0 radical (unpaired) electrons. The van der Waals surface area contributed by atoms with Crippen LogP contribution in [0.3, 0.4) is 0 Å². The van der Waals surface area contributed by atoms with Gasteiger partial charge in [-0.1, -0.05) is 0 Å². The minimum atomic E-state index is -0.657. The van der Waals surface area contributed by atoms with Gasteiger partial charge in [0, 0.05) is 30.9 Å². The first kappa shape index (κ1) is 14.3. The molecule has 1 fully saturated rings. The van der Waals surface area contributed by atoms with E-state index >= 15 is 0 Å². The number of benzene rings is 1. The largest absolute Gasteiger partial charge is 0.389 e. The molecule has 0 aromatic heterocycles. The highest BCUT2D eigenvalue weighted by Crippen LogP contribution is 2.29. The molecular formula is C15H22FNO2. The molecule has 2 rings (SSSR count). The zero-order valence-electron chi connectivity index (χ0n) is 11.6. The van der Waals surface area contributed by atoms with E-state index in [0.29, 0.717) is 11.7 Å². The van der Waals surface area contributed by atoms with E-state index in [1.807, 2.05) is 6.92 Å². The number of halogens is 1.